The van der Waals surface area contributed by atoms with E-state index in [1.54, 1.807) is 0 Å². The van der Waals surface area contributed by atoms with Crippen molar-refractivity contribution in [3.05, 3.63) is 0 Å². The third kappa shape index (κ3) is 4.46. The van der Waals surface area contributed by atoms with E-state index in [4.69, 9.17) is 0 Å². The van der Waals surface area contributed by atoms with Crippen LogP contribution in [0.3, 0.4) is 0 Å². The maximum Gasteiger partial charge on any atom is 0.0227 e. The van der Waals surface area contributed by atoms with Crippen molar-refractivity contribution in [3.63, 3.8) is 0 Å². The Hall–Kier alpha value is -0.0800. The van der Waals surface area contributed by atoms with Crippen LogP contribution < -0.4 is 0 Å². The summed E-state index contributed by atoms with van der Waals surface area (Å²) >= 11 is 0. The van der Waals surface area contributed by atoms with E-state index in [-0.39, 0.29) is 0 Å². The van der Waals surface area contributed by atoms with Crippen molar-refractivity contribution >= 4 is 0 Å². The molecular weight excluding hydrogens is 232 g/mol. The van der Waals surface area contributed by atoms with E-state index in [0.717, 1.165) is 23.9 Å². The summed E-state index contributed by atoms with van der Waals surface area (Å²) in [7, 11) is 0. The molecule has 2 aliphatic rings. The van der Waals surface area contributed by atoms with E-state index < -0.39 is 0 Å². The number of rotatable bonds is 7. The van der Waals surface area contributed by atoms with Gasteiger partial charge in [-0.1, -0.05) is 40.5 Å². The van der Waals surface area contributed by atoms with Crippen LogP contribution in [0.25, 0.3) is 0 Å². The summed E-state index contributed by atoms with van der Waals surface area (Å²) in [6, 6.07) is 1.73. The monoisotopic (exact) mass is 266 g/mol. The molecule has 2 nitrogen and oxygen atoms in total. The van der Waals surface area contributed by atoms with E-state index in [1.165, 1.54) is 58.3 Å². The summed E-state index contributed by atoms with van der Waals surface area (Å²) in [5, 5.41) is 0. The van der Waals surface area contributed by atoms with Gasteiger partial charge < -0.3 is 4.90 Å². The normalized spacial score (nSPS) is 28.7. The maximum absolute atomic E-state index is 2.81. The van der Waals surface area contributed by atoms with E-state index >= 15 is 0 Å². The zero-order valence-electron chi connectivity index (χ0n) is 13.6. The molecule has 0 spiro atoms. The minimum absolute atomic E-state index is 0.820. The molecule has 0 radical (unpaired) electrons. The zero-order valence-corrected chi connectivity index (χ0v) is 13.6. The second-order valence-electron chi connectivity index (χ2n) is 7.62. The molecule has 0 aromatic carbocycles. The maximum atomic E-state index is 2.81. The number of hydrogen-bond acceptors (Lipinski definition) is 2. The predicted molar refractivity (Wildman–Crippen MR) is 83.5 cm³/mol. The van der Waals surface area contributed by atoms with Gasteiger partial charge in [0.1, 0.15) is 0 Å². The van der Waals surface area contributed by atoms with Gasteiger partial charge in [-0.25, -0.2) is 0 Å². The molecule has 2 saturated heterocycles. The first kappa shape index (κ1) is 15.3. The standard InChI is InChI=1S/C17H34N2/c1-14(2)7-5-6-10-18-12-16-8-9-17(13-18)19(16)11-15(3)4/h14-17H,5-13H2,1-4H3/t16-,17+. The fourth-order valence-corrected chi connectivity index (χ4v) is 3.87. The largest absolute Gasteiger partial charge is 0.300 e. The third-order valence-corrected chi connectivity index (χ3v) is 4.79. The minimum atomic E-state index is 0.820. The first-order valence-corrected chi connectivity index (χ1v) is 8.54. The molecule has 2 rings (SSSR count). The molecule has 112 valence electrons. The molecule has 2 atom stereocenters. The molecule has 0 N–H and O–H groups in total. The second-order valence-corrected chi connectivity index (χ2v) is 7.62. The number of fused-ring (bicyclic) bond motifs is 2. The number of likely N-dealkylation sites (tertiary alicyclic amines) is 1. The van der Waals surface area contributed by atoms with Crippen LogP contribution in [0.1, 0.15) is 59.8 Å². The average molecular weight is 266 g/mol. The van der Waals surface area contributed by atoms with Crippen molar-refractivity contribution in [2.45, 2.75) is 71.9 Å². The van der Waals surface area contributed by atoms with Gasteiger partial charge in [0.25, 0.3) is 0 Å². The van der Waals surface area contributed by atoms with Crippen molar-refractivity contribution < 1.29 is 0 Å². The molecule has 2 heterocycles. The van der Waals surface area contributed by atoms with E-state index in [0.29, 0.717) is 0 Å². The summed E-state index contributed by atoms with van der Waals surface area (Å²) in [5.74, 6) is 1.69. The van der Waals surface area contributed by atoms with Gasteiger partial charge in [0.05, 0.1) is 0 Å². The topological polar surface area (TPSA) is 6.48 Å². The summed E-state index contributed by atoms with van der Waals surface area (Å²) in [5.41, 5.74) is 0. The Morgan fingerprint density at radius 3 is 2.05 bits per heavy atom. The fraction of sp³-hybridized carbons (Fsp3) is 1.00. The highest BCUT2D eigenvalue weighted by Crippen LogP contribution is 2.30. The number of nitrogens with zero attached hydrogens (tertiary/aromatic N) is 2. The Morgan fingerprint density at radius 2 is 1.53 bits per heavy atom. The van der Waals surface area contributed by atoms with Gasteiger partial charge in [-0.05, 0) is 37.6 Å². The number of hydrogen-bond donors (Lipinski definition) is 0. The summed E-state index contributed by atoms with van der Waals surface area (Å²) in [6.07, 6.45) is 7.11. The van der Waals surface area contributed by atoms with E-state index in [1.807, 2.05) is 0 Å². The average Bonchev–Trinajstić information content (AvgIpc) is 2.58. The Labute approximate surface area is 120 Å². The molecule has 2 heteroatoms. The highest BCUT2D eigenvalue weighted by Gasteiger charge is 2.39. The molecule has 0 aromatic heterocycles. The molecule has 2 fully saturated rings. The highest BCUT2D eigenvalue weighted by molar-refractivity contribution is 4.95. The van der Waals surface area contributed by atoms with E-state index in [9.17, 15) is 0 Å². The molecule has 0 saturated carbocycles. The Bertz CT molecular complexity index is 248. The van der Waals surface area contributed by atoms with Gasteiger partial charge >= 0.3 is 0 Å². The molecule has 2 bridgehead atoms. The highest BCUT2D eigenvalue weighted by atomic mass is 15.3. The van der Waals surface area contributed by atoms with Crippen molar-refractivity contribution in [1.82, 2.24) is 9.80 Å². The van der Waals surface area contributed by atoms with Gasteiger partial charge in [0, 0.05) is 31.7 Å². The van der Waals surface area contributed by atoms with Crippen LogP contribution in [-0.4, -0.2) is 48.1 Å². The van der Waals surface area contributed by atoms with Crippen LogP contribution in [-0.2, 0) is 0 Å². The smallest absolute Gasteiger partial charge is 0.0227 e. The van der Waals surface area contributed by atoms with Gasteiger partial charge in [-0.3, -0.25) is 4.90 Å². The summed E-state index contributed by atoms with van der Waals surface area (Å²) in [6.45, 7) is 14.7. The molecule has 0 aliphatic carbocycles. The summed E-state index contributed by atoms with van der Waals surface area (Å²) < 4.78 is 0. The molecule has 0 aromatic rings. The molecule has 2 aliphatic heterocycles. The Kier molecular flexibility index (Phi) is 5.70. The number of unbranched alkanes of at least 4 members (excludes halogenated alkanes) is 1. The van der Waals surface area contributed by atoms with Crippen LogP contribution in [0.5, 0.6) is 0 Å². The van der Waals surface area contributed by atoms with Crippen molar-refractivity contribution in [3.8, 4) is 0 Å². The Morgan fingerprint density at radius 1 is 0.895 bits per heavy atom. The molecule has 19 heavy (non-hydrogen) atoms. The lowest BCUT2D eigenvalue weighted by molar-refractivity contribution is 0.0571. The van der Waals surface area contributed by atoms with Crippen LogP contribution >= 0.6 is 0 Å². The van der Waals surface area contributed by atoms with Crippen LogP contribution in [0.15, 0.2) is 0 Å². The van der Waals surface area contributed by atoms with Crippen LogP contribution in [0, 0.1) is 11.8 Å². The number of piperazine rings is 1. The Balaban J connectivity index is 1.71. The lowest BCUT2D eigenvalue weighted by Gasteiger charge is -2.42. The molecular formula is C17H34N2. The van der Waals surface area contributed by atoms with Crippen molar-refractivity contribution in [2.75, 3.05) is 26.2 Å². The van der Waals surface area contributed by atoms with Crippen molar-refractivity contribution in [2.24, 2.45) is 11.8 Å². The molecule has 0 unspecified atom stereocenters. The summed E-state index contributed by atoms with van der Waals surface area (Å²) in [4.78, 5) is 5.56. The van der Waals surface area contributed by atoms with Gasteiger partial charge in [0.2, 0.25) is 0 Å². The first-order valence-electron chi connectivity index (χ1n) is 8.54. The SMILES string of the molecule is CC(C)CCCCN1C[C@H]2CC[C@@H](C1)N2CC(C)C. The van der Waals surface area contributed by atoms with Crippen LogP contribution in [0.2, 0.25) is 0 Å². The van der Waals surface area contributed by atoms with Crippen molar-refractivity contribution in [1.29, 1.82) is 0 Å². The van der Waals surface area contributed by atoms with Gasteiger partial charge in [-0.2, -0.15) is 0 Å². The zero-order chi connectivity index (χ0) is 13.8. The molecule has 0 amide bonds. The predicted octanol–water partition coefficient (Wildman–Crippen LogP) is 3.62. The van der Waals surface area contributed by atoms with Gasteiger partial charge in [-0.15, -0.1) is 0 Å². The van der Waals surface area contributed by atoms with E-state index in [2.05, 4.69) is 37.5 Å². The lowest BCUT2D eigenvalue weighted by Crippen LogP contribution is -2.54. The lowest BCUT2D eigenvalue weighted by atomic mass is 10.1. The minimum Gasteiger partial charge on any atom is -0.300 e. The fourth-order valence-electron chi connectivity index (χ4n) is 3.87. The first-order chi connectivity index (χ1) is 9.06. The van der Waals surface area contributed by atoms with Crippen LogP contribution in [0.4, 0.5) is 0 Å². The second kappa shape index (κ2) is 7.08. The quantitative estimate of drug-likeness (QED) is 0.649. The third-order valence-electron chi connectivity index (χ3n) is 4.79. The van der Waals surface area contributed by atoms with Gasteiger partial charge in [0.15, 0.2) is 0 Å².